The molecule has 0 aliphatic carbocycles. The minimum atomic E-state index is -3.76. The standard InChI is InChI=1S/C22H36ClN5O4S2/c1-17(2)26-9-6-18(7-10-26)28(16-21(29)27-13-11-25(3)12-14-27)34(31,32)15-8-24-22(30)19-4-5-20(23)33-19/h4-5,17-18H,6-16H2,1-3H3,(H,24,30). The van der Waals surface area contributed by atoms with Crippen LogP contribution in [0.3, 0.4) is 0 Å². The number of hydrogen-bond donors (Lipinski definition) is 1. The predicted octanol–water partition coefficient (Wildman–Crippen LogP) is 1.41. The van der Waals surface area contributed by atoms with E-state index in [2.05, 4.69) is 29.0 Å². The number of likely N-dealkylation sites (tertiary alicyclic amines) is 1. The van der Waals surface area contributed by atoms with E-state index in [1.54, 1.807) is 17.0 Å². The first kappa shape index (κ1) is 27.3. The van der Waals surface area contributed by atoms with Crippen molar-refractivity contribution in [1.82, 2.24) is 24.3 Å². The SMILES string of the molecule is CC(C)N1CCC(N(CC(=O)N2CCN(C)CC2)S(=O)(=O)CCNC(=O)c2ccc(Cl)s2)CC1. The highest BCUT2D eigenvalue weighted by atomic mass is 35.5. The number of amides is 2. The van der Waals surface area contributed by atoms with Crippen LogP contribution in [0.25, 0.3) is 0 Å². The molecule has 1 N–H and O–H groups in total. The quantitative estimate of drug-likeness (QED) is 0.516. The molecule has 0 spiro atoms. The lowest BCUT2D eigenvalue weighted by Crippen LogP contribution is -2.55. The lowest BCUT2D eigenvalue weighted by Gasteiger charge is -2.40. The molecule has 9 nitrogen and oxygen atoms in total. The molecule has 0 bridgehead atoms. The number of nitrogens with zero attached hydrogens (tertiary/aromatic N) is 4. The van der Waals surface area contributed by atoms with Gasteiger partial charge < -0.3 is 20.0 Å². The average molecular weight is 534 g/mol. The first-order valence-electron chi connectivity index (χ1n) is 11.8. The molecule has 2 fully saturated rings. The van der Waals surface area contributed by atoms with Crippen LogP contribution in [0.1, 0.15) is 36.4 Å². The Kier molecular flexibility index (Phi) is 9.76. The number of hydrogen-bond acceptors (Lipinski definition) is 7. The summed E-state index contributed by atoms with van der Waals surface area (Å²) < 4.78 is 28.7. The molecular formula is C22H36ClN5O4S2. The molecule has 1 aromatic rings. The Morgan fingerprint density at radius 3 is 2.35 bits per heavy atom. The monoisotopic (exact) mass is 533 g/mol. The second-order valence-corrected chi connectivity index (χ2v) is 13.0. The Bertz CT molecular complexity index is 939. The Labute approximate surface area is 212 Å². The molecule has 3 rings (SSSR count). The van der Waals surface area contributed by atoms with E-state index in [1.807, 2.05) is 7.05 Å². The van der Waals surface area contributed by atoms with Crippen molar-refractivity contribution >= 4 is 44.8 Å². The number of halogens is 1. The fraction of sp³-hybridized carbons (Fsp3) is 0.727. The van der Waals surface area contributed by atoms with Crippen LogP contribution >= 0.6 is 22.9 Å². The van der Waals surface area contributed by atoms with Gasteiger partial charge in [-0.2, -0.15) is 4.31 Å². The van der Waals surface area contributed by atoms with Crippen LogP contribution < -0.4 is 5.32 Å². The summed E-state index contributed by atoms with van der Waals surface area (Å²) in [6.45, 7) is 8.47. The maximum atomic E-state index is 13.4. The topological polar surface area (TPSA) is 93.3 Å². The highest BCUT2D eigenvalue weighted by Gasteiger charge is 2.35. The van der Waals surface area contributed by atoms with Gasteiger partial charge in [-0.3, -0.25) is 9.59 Å². The number of rotatable bonds is 9. The summed E-state index contributed by atoms with van der Waals surface area (Å²) in [5.41, 5.74) is 0. The fourth-order valence-corrected chi connectivity index (χ4v) is 6.89. The minimum absolute atomic E-state index is 0.0271. The van der Waals surface area contributed by atoms with Gasteiger partial charge >= 0.3 is 0 Å². The van der Waals surface area contributed by atoms with Crippen molar-refractivity contribution in [3.8, 4) is 0 Å². The molecule has 0 unspecified atom stereocenters. The number of nitrogens with one attached hydrogen (secondary N) is 1. The molecule has 2 amide bonds. The van der Waals surface area contributed by atoms with Gasteiger partial charge in [-0.25, -0.2) is 8.42 Å². The molecule has 12 heteroatoms. The van der Waals surface area contributed by atoms with E-state index >= 15 is 0 Å². The first-order valence-corrected chi connectivity index (χ1v) is 14.6. The summed E-state index contributed by atoms with van der Waals surface area (Å²) in [6, 6.07) is 3.43. The third kappa shape index (κ3) is 7.38. The lowest BCUT2D eigenvalue weighted by atomic mass is 10.0. The van der Waals surface area contributed by atoms with Gasteiger partial charge in [-0.05, 0) is 59.0 Å². The Balaban J connectivity index is 1.65. The van der Waals surface area contributed by atoms with Crippen molar-refractivity contribution in [1.29, 1.82) is 0 Å². The number of likely N-dealkylation sites (N-methyl/N-ethyl adjacent to an activating group) is 1. The van der Waals surface area contributed by atoms with Crippen LogP contribution in [0.4, 0.5) is 0 Å². The van der Waals surface area contributed by atoms with Gasteiger partial charge in [0, 0.05) is 44.8 Å². The van der Waals surface area contributed by atoms with Crippen molar-refractivity contribution < 1.29 is 18.0 Å². The molecule has 2 saturated heterocycles. The van der Waals surface area contributed by atoms with Crippen LogP contribution in [0, 0.1) is 0 Å². The number of piperazine rings is 1. The molecule has 0 aromatic carbocycles. The molecule has 0 radical (unpaired) electrons. The zero-order chi connectivity index (χ0) is 24.9. The zero-order valence-electron chi connectivity index (χ0n) is 20.2. The van der Waals surface area contributed by atoms with E-state index < -0.39 is 10.0 Å². The third-order valence-electron chi connectivity index (χ3n) is 6.58. The van der Waals surface area contributed by atoms with E-state index in [0.717, 1.165) is 37.5 Å². The molecule has 3 heterocycles. The van der Waals surface area contributed by atoms with Gasteiger partial charge in [-0.1, -0.05) is 11.6 Å². The first-order chi connectivity index (χ1) is 16.1. The molecule has 0 atom stereocenters. The number of sulfonamides is 1. The summed E-state index contributed by atoms with van der Waals surface area (Å²) >= 11 is 7.03. The van der Waals surface area contributed by atoms with Gasteiger partial charge in [-0.15, -0.1) is 11.3 Å². The third-order valence-corrected chi connectivity index (χ3v) is 9.68. The second-order valence-electron chi connectivity index (χ2n) is 9.27. The van der Waals surface area contributed by atoms with Crippen LogP contribution in [-0.2, 0) is 14.8 Å². The summed E-state index contributed by atoms with van der Waals surface area (Å²) in [5, 5.41) is 2.67. The molecule has 2 aliphatic heterocycles. The summed E-state index contributed by atoms with van der Waals surface area (Å²) in [6.07, 6.45) is 1.38. The predicted molar refractivity (Wildman–Crippen MR) is 136 cm³/mol. The Morgan fingerprint density at radius 1 is 1.15 bits per heavy atom. The van der Waals surface area contributed by atoms with Crippen LogP contribution in [-0.4, -0.2) is 116 Å². The van der Waals surface area contributed by atoms with Crippen molar-refractivity contribution in [3.05, 3.63) is 21.3 Å². The van der Waals surface area contributed by atoms with E-state index in [1.165, 1.54) is 4.31 Å². The van der Waals surface area contributed by atoms with Crippen LogP contribution in [0.5, 0.6) is 0 Å². The normalized spacial score (nSPS) is 19.2. The smallest absolute Gasteiger partial charge is 0.261 e. The number of thiophene rings is 1. The van der Waals surface area contributed by atoms with Crippen LogP contribution in [0.2, 0.25) is 4.34 Å². The van der Waals surface area contributed by atoms with Gasteiger partial charge in [0.05, 0.1) is 21.5 Å². The maximum absolute atomic E-state index is 13.4. The van der Waals surface area contributed by atoms with Crippen molar-refractivity contribution in [2.24, 2.45) is 0 Å². The van der Waals surface area contributed by atoms with E-state index in [9.17, 15) is 18.0 Å². The fourth-order valence-electron chi connectivity index (χ4n) is 4.37. The number of carbonyl (C=O) groups excluding carboxylic acids is 2. The van der Waals surface area contributed by atoms with Crippen molar-refractivity contribution in [2.45, 2.75) is 38.8 Å². The van der Waals surface area contributed by atoms with E-state index in [0.29, 0.717) is 41.2 Å². The lowest BCUT2D eigenvalue weighted by molar-refractivity contribution is -0.133. The van der Waals surface area contributed by atoms with Gasteiger partial charge in [0.25, 0.3) is 5.91 Å². The maximum Gasteiger partial charge on any atom is 0.261 e. The minimum Gasteiger partial charge on any atom is -0.350 e. The Hall–Kier alpha value is -1.24. The van der Waals surface area contributed by atoms with Gasteiger partial charge in [0.1, 0.15) is 0 Å². The summed E-state index contributed by atoms with van der Waals surface area (Å²) in [5.74, 6) is -0.754. The number of piperidine rings is 1. The molecule has 34 heavy (non-hydrogen) atoms. The molecule has 0 saturated carbocycles. The van der Waals surface area contributed by atoms with Crippen molar-refractivity contribution in [3.63, 3.8) is 0 Å². The summed E-state index contributed by atoms with van der Waals surface area (Å²) in [7, 11) is -1.74. The molecule has 2 aliphatic rings. The summed E-state index contributed by atoms with van der Waals surface area (Å²) in [4.78, 5) is 32.0. The zero-order valence-corrected chi connectivity index (χ0v) is 22.6. The Morgan fingerprint density at radius 2 is 1.79 bits per heavy atom. The van der Waals surface area contributed by atoms with Gasteiger partial charge in [0.2, 0.25) is 15.9 Å². The average Bonchev–Trinajstić information content (AvgIpc) is 3.24. The largest absolute Gasteiger partial charge is 0.350 e. The highest BCUT2D eigenvalue weighted by Crippen LogP contribution is 2.23. The highest BCUT2D eigenvalue weighted by molar-refractivity contribution is 7.89. The molecule has 1 aromatic heterocycles. The second kappa shape index (κ2) is 12.1. The van der Waals surface area contributed by atoms with E-state index in [-0.39, 0.29) is 36.7 Å². The van der Waals surface area contributed by atoms with E-state index in [4.69, 9.17) is 11.6 Å². The molecular weight excluding hydrogens is 498 g/mol. The molecule has 192 valence electrons. The van der Waals surface area contributed by atoms with Crippen LogP contribution in [0.15, 0.2) is 12.1 Å². The number of carbonyl (C=O) groups is 2. The van der Waals surface area contributed by atoms with Gasteiger partial charge in [0.15, 0.2) is 0 Å². The van der Waals surface area contributed by atoms with Crippen molar-refractivity contribution in [2.75, 3.05) is 65.2 Å².